The fourth-order valence-electron chi connectivity index (χ4n) is 6.00. The van der Waals surface area contributed by atoms with Crippen LogP contribution in [-0.4, -0.2) is 52.2 Å². The van der Waals surface area contributed by atoms with Gasteiger partial charge in [0, 0.05) is 35.4 Å². The molecule has 1 aliphatic heterocycles. The number of halogens is 1. The Hall–Kier alpha value is -4.87. The third kappa shape index (κ3) is 8.98. The zero-order valence-electron chi connectivity index (χ0n) is 28.1. The highest BCUT2D eigenvalue weighted by Crippen LogP contribution is 2.29. The second kappa shape index (κ2) is 16.0. The van der Waals surface area contributed by atoms with Gasteiger partial charge in [0.25, 0.3) is 0 Å². The van der Waals surface area contributed by atoms with E-state index in [9.17, 15) is 4.79 Å². The molecule has 0 bridgehead atoms. The van der Waals surface area contributed by atoms with Crippen molar-refractivity contribution in [1.82, 2.24) is 19.9 Å². The van der Waals surface area contributed by atoms with E-state index in [1.807, 2.05) is 68.6 Å². The summed E-state index contributed by atoms with van der Waals surface area (Å²) in [5.41, 5.74) is 4.91. The van der Waals surface area contributed by atoms with Gasteiger partial charge in [-0.15, -0.1) is 11.3 Å². The van der Waals surface area contributed by atoms with Gasteiger partial charge in [-0.2, -0.15) is 4.98 Å². The number of ether oxygens (including phenoxy) is 2. The predicted molar refractivity (Wildman–Crippen MR) is 193 cm³/mol. The molecule has 254 valence electrons. The summed E-state index contributed by atoms with van der Waals surface area (Å²) in [5.74, 6) is 0.711. The number of likely N-dealkylation sites (tertiary alicyclic amines) is 1. The number of anilines is 3. The summed E-state index contributed by atoms with van der Waals surface area (Å²) in [6.45, 7) is 9.61. The van der Waals surface area contributed by atoms with Crippen LogP contribution in [0.4, 0.5) is 26.6 Å². The van der Waals surface area contributed by atoms with Gasteiger partial charge in [-0.25, -0.2) is 19.2 Å². The number of nitrogens with one attached hydrogen (secondary N) is 1. The highest BCUT2D eigenvalue weighted by atomic mass is 32.1. The van der Waals surface area contributed by atoms with Crippen molar-refractivity contribution in [2.45, 2.75) is 53.0 Å². The molecule has 9 nitrogen and oxygen atoms in total. The molecule has 0 radical (unpaired) electrons. The first-order valence-electron chi connectivity index (χ1n) is 16.6. The summed E-state index contributed by atoms with van der Waals surface area (Å²) in [6, 6.07) is 20.1. The molecule has 3 aromatic carbocycles. The molecule has 0 saturated carbocycles. The monoisotopic (exact) mass is 680 g/mol. The number of rotatable bonds is 12. The van der Waals surface area contributed by atoms with E-state index >= 15 is 4.39 Å². The first kappa shape index (κ1) is 34.0. The first-order chi connectivity index (χ1) is 23.8. The lowest BCUT2D eigenvalue weighted by atomic mass is 10.1. The van der Waals surface area contributed by atoms with E-state index in [0.717, 1.165) is 53.3 Å². The van der Waals surface area contributed by atoms with Crippen LogP contribution in [0.3, 0.4) is 0 Å². The number of amides is 1. The zero-order chi connectivity index (χ0) is 34.2. The number of benzene rings is 3. The molecule has 1 amide bonds. The molecule has 1 fully saturated rings. The lowest BCUT2D eigenvalue weighted by Gasteiger charge is -2.26. The Bertz CT molecular complexity index is 1860. The van der Waals surface area contributed by atoms with Crippen LogP contribution in [0.2, 0.25) is 0 Å². The van der Waals surface area contributed by atoms with Crippen LogP contribution in [0.25, 0.3) is 10.6 Å². The first-order valence-corrected chi connectivity index (χ1v) is 17.5. The Kier molecular flexibility index (Phi) is 11.1. The number of hydrogen-bond acceptors (Lipinski definition) is 9. The Morgan fingerprint density at radius 1 is 0.980 bits per heavy atom. The molecule has 0 spiro atoms. The van der Waals surface area contributed by atoms with Crippen LogP contribution in [0.5, 0.6) is 11.5 Å². The smallest absolute Gasteiger partial charge is 0.421 e. The number of thiazole rings is 1. The SMILES string of the molecule is Cc1cc(C)c(OC(=O)N(Cc2csc(-c3ccccc3)n2)c2ccnc(Nc3ccc(OCCCN4CCCCC4)c(F)c3)n2)c(C)c1. The van der Waals surface area contributed by atoms with E-state index in [-0.39, 0.29) is 18.2 Å². The minimum absolute atomic E-state index is 0.112. The van der Waals surface area contributed by atoms with Gasteiger partial charge in [0.2, 0.25) is 5.95 Å². The third-order valence-corrected chi connectivity index (χ3v) is 9.28. The number of aryl methyl sites for hydroxylation is 3. The van der Waals surface area contributed by atoms with Crippen molar-refractivity contribution >= 4 is 34.9 Å². The summed E-state index contributed by atoms with van der Waals surface area (Å²) in [4.78, 5) is 31.5. The maximum atomic E-state index is 15.0. The standard InChI is InChI=1S/C38H41FN6O3S/c1-26-21-27(2)35(28(3)22-26)48-38(46)45(24-31-25-49-36(41-31)29-11-6-4-7-12-29)34-15-16-40-37(43-34)42-30-13-14-33(32(39)23-30)47-20-10-19-44-17-8-5-9-18-44/h4,6-7,11-16,21-23,25H,5,8-10,17-20,24H2,1-3H3,(H,40,42,43). The van der Waals surface area contributed by atoms with Crippen LogP contribution < -0.4 is 19.7 Å². The summed E-state index contributed by atoms with van der Waals surface area (Å²) >= 11 is 1.50. The van der Waals surface area contributed by atoms with E-state index in [1.54, 1.807) is 24.4 Å². The maximum absolute atomic E-state index is 15.0. The van der Waals surface area contributed by atoms with Gasteiger partial charge >= 0.3 is 6.09 Å². The Morgan fingerprint density at radius 3 is 2.51 bits per heavy atom. The van der Waals surface area contributed by atoms with Crippen LogP contribution in [0, 0.1) is 26.6 Å². The summed E-state index contributed by atoms with van der Waals surface area (Å²) in [7, 11) is 0. The van der Waals surface area contributed by atoms with Crippen molar-refractivity contribution in [3.8, 4) is 22.1 Å². The Morgan fingerprint density at radius 2 is 1.76 bits per heavy atom. The van der Waals surface area contributed by atoms with Crippen molar-refractivity contribution in [3.05, 3.63) is 107 Å². The number of piperidine rings is 1. The number of hydrogen-bond donors (Lipinski definition) is 1. The quantitative estimate of drug-likeness (QED) is 0.131. The van der Waals surface area contributed by atoms with Crippen LogP contribution in [0.15, 0.2) is 78.3 Å². The van der Waals surface area contributed by atoms with Gasteiger partial charge < -0.3 is 19.7 Å². The average molecular weight is 681 g/mol. The Labute approximate surface area is 290 Å². The predicted octanol–water partition coefficient (Wildman–Crippen LogP) is 8.87. The summed E-state index contributed by atoms with van der Waals surface area (Å²) < 4.78 is 26.8. The van der Waals surface area contributed by atoms with E-state index in [1.165, 1.54) is 41.6 Å². The summed E-state index contributed by atoms with van der Waals surface area (Å²) in [5, 5.41) is 5.83. The van der Waals surface area contributed by atoms with E-state index in [2.05, 4.69) is 20.2 Å². The number of carbonyl (C=O) groups excluding carboxylic acids is 1. The lowest BCUT2D eigenvalue weighted by Crippen LogP contribution is -2.34. The lowest BCUT2D eigenvalue weighted by molar-refractivity contribution is 0.203. The second-order valence-corrected chi connectivity index (χ2v) is 13.2. The number of carbonyl (C=O) groups is 1. The summed E-state index contributed by atoms with van der Waals surface area (Å²) in [6.07, 6.45) is 5.56. The minimum atomic E-state index is -0.609. The van der Waals surface area contributed by atoms with Gasteiger partial charge in [-0.3, -0.25) is 4.90 Å². The van der Waals surface area contributed by atoms with Crippen LogP contribution in [-0.2, 0) is 6.54 Å². The average Bonchev–Trinajstić information content (AvgIpc) is 3.58. The molecule has 11 heteroatoms. The van der Waals surface area contributed by atoms with Gasteiger partial charge in [0.1, 0.15) is 16.6 Å². The molecular weight excluding hydrogens is 640 g/mol. The molecule has 0 atom stereocenters. The van der Waals surface area contributed by atoms with Gasteiger partial charge in [-0.1, -0.05) is 54.4 Å². The van der Waals surface area contributed by atoms with Gasteiger partial charge in [0.15, 0.2) is 11.6 Å². The van der Waals surface area contributed by atoms with Crippen molar-refractivity contribution in [3.63, 3.8) is 0 Å². The molecule has 6 rings (SSSR count). The van der Waals surface area contributed by atoms with Crippen molar-refractivity contribution in [1.29, 1.82) is 0 Å². The van der Waals surface area contributed by atoms with Crippen LogP contribution in [0.1, 0.15) is 48.1 Å². The van der Waals surface area contributed by atoms with E-state index < -0.39 is 11.9 Å². The zero-order valence-corrected chi connectivity index (χ0v) is 28.9. The fourth-order valence-corrected chi connectivity index (χ4v) is 6.82. The third-order valence-electron chi connectivity index (χ3n) is 8.34. The van der Waals surface area contributed by atoms with Crippen molar-refractivity contribution in [2.24, 2.45) is 0 Å². The number of aromatic nitrogens is 3. The molecule has 0 unspecified atom stereocenters. The maximum Gasteiger partial charge on any atom is 0.421 e. The topological polar surface area (TPSA) is 92.7 Å². The molecule has 0 aliphatic carbocycles. The molecule has 1 saturated heterocycles. The molecular formula is C38H41FN6O3S. The van der Waals surface area contributed by atoms with Crippen molar-refractivity contribution < 1.29 is 18.7 Å². The highest BCUT2D eigenvalue weighted by molar-refractivity contribution is 7.13. The second-order valence-electron chi connectivity index (χ2n) is 12.3. The van der Waals surface area contributed by atoms with E-state index in [0.29, 0.717) is 29.6 Å². The highest BCUT2D eigenvalue weighted by Gasteiger charge is 2.24. The van der Waals surface area contributed by atoms with E-state index in [4.69, 9.17) is 14.5 Å². The van der Waals surface area contributed by atoms with Crippen LogP contribution >= 0.6 is 11.3 Å². The van der Waals surface area contributed by atoms with Gasteiger partial charge in [-0.05, 0) is 82.4 Å². The molecule has 5 aromatic rings. The molecule has 1 N–H and O–H groups in total. The fraction of sp³-hybridized carbons (Fsp3) is 0.316. The minimum Gasteiger partial charge on any atom is -0.490 e. The molecule has 2 aromatic heterocycles. The van der Waals surface area contributed by atoms with Crippen molar-refractivity contribution in [2.75, 3.05) is 36.5 Å². The molecule has 1 aliphatic rings. The molecule has 3 heterocycles. The number of nitrogens with zero attached hydrogens (tertiary/aromatic N) is 5. The Balaban J connectivity index is 1.18. The normalized spacial score (nSPS) is 13.2. The molecule has 49 heavy (non-hydrogen) atoms. The largest absolute Gasteiger partial charge is 0.490 e. The van der Waals surface area contributed by atoms with Gasteiger partial charge in [0.05, 0.1) is 18.8 Å².